The standard InChI is InChI=1S/C15H16BrFN2O/c1-19(9-10-4-3-5-11(6-10)20-2)15-7-12(16)13(17)8-14(15)18/h3-8H,9,18H2,1-2H3. The van der Waals surface area contributed by atoms with Crippen LogP contribution in [0.2, 0.25) is 0 Å². The zero-order valence-corrected chi connectivity index (χ0v) is 12.9. The third-order valence-corrected chi connectivity index (χ3v) is 3.64. The molecule has 0 fully saturated rings. The van der Waals surface area contributed by atoms with Gasteiger partial charge in [-0.15, -0.1) is 0 Å². The Hall–Kier alpha value is -1.75. The Morgan fingerprint density at radius 3 is 2.75 bits per heavy atom. The van der Waals surface area contributed by atoms with Crippen molar-refractivity contribution in [2.45, 2.75) is 6.54 Å². The lowest BCUT2D eigenvalue weighted by Gasteiger charge is -2.22. The quantitative estimate of drug-likeness (QED) is 0.861. The van der Waals surface area contributed by atoms with Crippen molar-refractivity contribution in [1.29, 1.82) is 0 Å². The van der Waals surface area contributed by atoms with Gasteiger partial charge in [0.1, 0.15) is 11.6 Å². The summed E-state index contributed by atoms with van der Waals surface area (Å²) in [4.78, 5) is 1.97. The molecule has 2 aromatic rings. The topological polar surface area (TPSA) is 38.5 Å². The van der Waals surface area contributed by atoms with Crippen LogP contribution in [-0.4, -0.2) is 14.2 Å². The summed E-state index contributed by atoms with van der Waals surface area (Å²) in [5.41, 5.74) is 8.16. The second kappa shape index (κ2) is 6.13. The minimum Gasteiger partial charge on any atom is -0.497 e. The maximum Gasteiger partial charge on any atom is 0.139 e. The molecule has 0 atom stereocenters. The molecule has 5 heteroatoms. The highest BCUT2D eigenvalue weighted by Gasteiger charge is 2.10. The van der Waals surface area contributed by atoms with Gasteiger partial charge in [-0.1, -0.05) is 12.1 Å². The van der Waals surface area contributed by atoms with Crippen molar-refractivity contribution in [3.05, 3.63) is 52.3 Å². The molecule has 0 saturated heterocycles. The van der Waals surface area contributed by atoms with Crippen molar-refractivity contribution >= 4 is 27.3 Å². The predicted octanol–water partition coefficient (Wildman–Crippen LogP) is 3.82. The number of rotatable bonds is 4. The van der Waals surface area contributed by atoms with Crippen LogP contribution >= 0.6 is 15.9 Å². The van der Waals surface area contributed by atoms with Gasteiger partial charge in [0, 0.05) is 19.7 Å². The van der Waals surface area contributed by atoms with Crippen LogP contribution in [0.3, 0.4) is 0 Å². The first-order chi connectivity index (χ1) is 9.51. The normalized spacial score (nSPS) is 10.4. The van der Waals surface area contributed by atoms with Crippen LogP contribution in [0.4, 0.5) is 15.8 Å². The molecule has 2 rings (SSSR count). The summed E-state index contributed by atoms with van der Waals surface area (Å²) >= 11 is 3.18. The number of nitrogens with two attached hydrogens (primary N) is 1. The summed E-state index contributed by atoms with van der Waals surface area (Å²) in [6.45, 7) is 0.652. The summed E-state index contributed by atoms with van der Waals surface area (Å²) in [6, 6.07) is 10.8. The van der Waals surface area contributed by atoms with E-state index in [0.29, 0.717) is 16.7 Å². The van der Waals surface area contributed by atoms with Gasteiger partial charge in [0.15, 0.2) is 0 Å². The largest absolute Gasteiger partial charge is 0.497 e. The Morgan fingerprint density at radius 1 is 1.30 bits per heavy atom. The highest BCUT2D eigenvalue weighted by molar-refractivity contribution is 9.10. The van der Waals surface area contributed by atoms with Crippen molar-refractivity contribution in [3.8, 4) is 5.75 Å². The summed E-state index contributed by atoms with van der Waals surface area (Å²) < 4.78 is 19.0. The lowest BCUT2D eigenvalue weighted by atomic mass is 10.2. The number of nitrogens with zero attached hydrogens (tertiary/aromatic N) is 1. The Labute approximate surface area is 126 Å². The van der Waals surface area contributed by atoms with Gasteiger partial charge < -0.3 is 15.4 Å². The molecule has 2 N–H and O–H groups in total. The summed E-state index contributed by atoms with van der Waals surface area (Å²) in [7, 11) is 3.55. The molecule has 0 heterocycles. The first kappa shape index (κ1) is 14.7. The lowest BCUT2D eigenvalue weighted by molar-refractivity contribution is 0.414. The SMILES string of the molecule is COc1cccc(CN(C)c2cc(Br)c(F)cc2N)c1. The molecule has 0 bridgehead atoms. The van der Waals surface area contributed by atoms with E-state index in [-0.39, 0.29) is 5.82 Å². The van der Waals surface area contributed by atoms with Crippen molar-refractivity contribution < 1.29 is 9.13 Å². The molecule has 0 aliphatic rings. The van der Waals surface area contributed by atoms with Crippen LogP contribution in [-0.2, 0) is 6.54 Å². The van der Waals surface area contributed by atoms with Crippen molar-refractivity contribution in [2.75, 3.05) is 24.8 Å². The minimum atomic E-state index is -0.360. The highest BCUT2D eigenvalue weighted by atomic mass is 79.9. The Morgan fingerprint density at radius 2 is 2.05 bits per heavy atom. The molecule has 0 aromatic heterocycles. The molecule has 0 aliphatic heterocycles. The average molecular weight is 339 g/mol. The molecule has 106 valence electrons. The van der Waals surface area contributed by atoms with Crippen LogP contribution in [0.1, 0.15) is 5.56 Å². The van der Waals surface area contributed by atoms with Gasteiger partial charge in [-0.05, 0) is 39.7 Å². The van der Waals surface area contributed by atoms with Gasteiger partial charge in [-0.3, -0.25) is 0 Å². The van der Waals surface area contributed by atoms with E-state index in [2.05, 4.69) is 15.9 Å². The van der Waals surface area contributed by atoms with E-state index >= 15 is 0 Å². The van der Waals surface area contributed by atoms with Crippen molar-refractivity contribution in [2.24, 2.45) is 0 Å². The smallest absolute Gasteiger partial charge is 0.139 e. The summed E-state index contributed by atoms with van der Waals surface area (Å²) in [5, 5.41) is 0. The second-order valence-corrected chi connectivity index (χ2v) is 5.39. The van der Waals surface area contributed by atoms with E-state index in [1.54, 1.807) is 13.2 Å². The van der Waals surface area contributed by atoms with Gasteiger partial charge in [0.2, 0.25) is 0 Å². The van der Waals surface area contributed by atoms with Gasteiger partial charge in [-0.25, -0.2) is 4.39 Å². The zero-order valence-electron chi connectivity index (χ0n) is 11.4. The van der Waals surface area contributed by atoms with E-state index in [1.807, 2.05) is 36.2 Å². The average Bonchev–Trinajstić information content (AvgIpc) is 2.43. The molecule has 0 unspecified atom stereocenters. The molecular weight excluding hydrogens is 323 g/mol. The highest BCUT2D eigenvalue weighted by Crippen LogP contribution is 2.30. The van der Waals surface area contributed by atoms with E-state index in [0.717, 1.165) is 17.0 Å². The number of hydrogen-bond acceptors (Lipinski definition) is 3. The van der Waals surface area contributed by atoms with Crippen LogP contribution in [0.15, 0.2) is 40.9 Å². The molecule has 0 aliphatic carbocycles. The third-order valence-electron chi connectivity index (χ3n) is 3.03. The Kier molecular flexibility index (Phi) is 4.49. The molecule has 20 heavy (non-hydrogen) atoms. The molecular formula is C15H16BrFN2O. The molecule has 0 spiro atoms. The Bertz CT molecular complexity index is 619. The van der Waals surface area contributed by atoms with E-state index in [9.17, 15) is 4.39 Å². The van der Waals surface area contributed by atoms with Crippen LogP contribution < -0.4 is 15.4 Å². The maximum atomic E-state index is 13.4. The Balaban J connectivity index is 2.23. The van der Waals surface area contributed by atoms with Crippen molar-refractivity contribution in [3.63, 3.8) is 0 Å². The van der Waals surface area contributed by atoms with Crippen molar-refractivity contribution in [1.82, 2.24) is 0 Å². The summed E-state index contributed by atoms with van der Waals surface area (Å²) in [5.74, 6) is 0.449. The van der Waals surface area contributed by atoms with Crippen LogP contribution in [0, 0.1) is 5.82 Å². The number of nitrogen functional groups attached to an aromatic ring is 1. The number of hydrogen-bond donors (Lipinski definition) is 1. The number of halogens is 2. The molecule has 0 radical (unpaired) electrons. The van der Waals surface area contributed by atoms with Gasteiger partial charge >= 0.3 is 0 Å². The fourth-order valence-electron chi connectivity index (χ4n) is 2.01. The van der Waals surface area contributed by atoms with Crippen LogP contribution in [0.5, 0.6) is 5.75 Å². The molecule has 0 saturated carbocycles. The van der Waals surface area contributed by atoms with Gasteiger partial charge in [0.05, 0.1) is 23.0 Å². The fourth-order valence-corrected chi connectivity index (χ4v) is 2.34. The first-order valence-electron chi connectivity index (χ1n) is 6.10. The predicted molar refractivity (Wildman–Crippen MR) is 83.6 cm³/mol. The van der Waals surface area contributed by atoms with E-state index in [4.69, 9.17) is 10.5 Å². The number of anilines is 2. The summed E-state index contributed by atoms with van der Waals surface area (Å²) in [6.07, 6.45) is 0. The monoisotopic (exact) mass is 338 g/mol. The van der Waals surface area contributed by atoms with E-state index < -0.39 is 0 Å². The minimum absolute atomic E-state index is 0.360. The molecule has 3 nitrogen and oxygen atoms in total. The first-order valence-corrected chi connectivity index (χ1v) is 6.89. The number of benzene rings is 2. The van der Waals surface area contributed by atoms with E-state index in [1.165, 1.54) is 6.07 Å². The number of methoxy groups -OCH3 is 1. The lowest BCUT2D eigenvalue weighted by Crippen LogP contribution is -2.18. The maximum absolute atomic E-state index is 13.4. The molecule has 2 aromatic carbocycles. The molecule has 0 amide bonds. The van der Waals surface area contributed by atoms with Gasteiger partial charge in [-0.2, -0.15) is 0 Å². The third kappa shape index (κ3) is 3.22. The number of ether oxygens (including phenoxy) is 1. The van der Waals surface area contributed by atoms with Gasteiger partial charge in [0.25, 0.3) is 0 Å². The fraction of sp³-hybridized carbons (Fsp3) is 0.200. The zero-order chi connectivity index (χ0) is 14.7. The second-order valence-electron chi connectivity index (χ2n) is 4.53. The van der Waals surface area contributed by atoms with Crippen LogP contribution in [0.25, 0.3) is 0 Å².